The zero-order valence-electron chi connectivity index (χ0n) is 5.40. The lowest BCUT2D eigenvalue weighted by Gasteiger charge is -1.96. The molecule has 52 valence electrons. The lowest BCUT2D eigenvalue weighted by molar-refractivity contribution is -0.138. The molecule has 0 aromatic rings. The SMILES string of the molecule is O=[13C](O)C1C=CC=CC=C1. The minimum Gasteiger partial charge on any atom is -0.481 e. The Kier molecular flexibility index (Phi) is 2.05. The molecule has 1 aliphatic carbocycles. The minimum absolute atomic E-state index is 0.463. The highest BCUT2D eigenvalue weighted by Crippen LogP contribution is 2.04. The second-order valence-electron chi connectivity index (χ2n) is 2.02. The highest BCUT2D eigenvalue weighted by Gasteiger charge is 2.08. The van der Waals surface area contributed by atoms with Crippen LogP contribution >= 0.6 is 0 Å². The second-order valence-corrected chi connectivity index (χ2v) is 2.02. The smallest absolute Gasteiger partial charge is 0.314 e. The van der Waals surface area contributed by atoms with Gasteiger partial charge in [-0.2, -0.15) is 0 Å². The van der Waals surface area contributed by atoms with Crippen molar-refractivity contribution in [1.29, 1.82) is 0 Å². The monoisotopic (exact) mass is 137 g/mol. The summed E-state index contributed by atoms with van der Waals surface area (Å²) in [6, 6.07) is 0. The quantitative estimate of drug-likeness (QED) is 0.554. The third kappa shape index (κ3) is 1.58. The molecule has 2 nitrogen and oxygen atoms in total. The van der Waals surface area contributed by atoms with Crippen LogP contribution in [0.2, 0.25) is 0 Å². The van der Waals surface area contributed by atoms with Crippen molar-refractivity contribution in [2.24, 2.45) is 5.92 Å². The van der Waals surface area contributed by atoms with E-state index in [1.807, 2.05) is 0 Å². The normalized spacial score (nSPS) is 17.2. The number of aliphatic carboxylic acids is 1. The van der Waals surface area contributed by atoms with Crippen molar-refractivity contribution in [2.75, 3.05) is 0 Å². The Morgan fingerprint density at radius 1 is 1.10 bits per heavy atom. The number of hydrogen-bond acceptors (Lipinski definition) is 1. The van der Waals surface area contributed by atoms with Crippen molar-refractivity contribution in [3.63, 3.8) is 0 Å². The van der Waals surface area contributed by atoms with Gasteiger partial charge in [0.05, 0.1) is 5.92 Å². The van der Waals surface area contributed by atoms with E-state index in [0.717, 1.165) is 0 Å². The molecule has 2 heteroatoms. The molecule has 0 aliphatic heterocycles. The molecule has 0 aromatic heterocycles. The predicted octanol–water partition coefficient (Wildman–Crippen LogP) is 1.37. The first kappa shape index (κ1) is 6.81. The van der Waals surface area contributed by atoms with Gasteiger partial charge in [0.15, 0.2) is 0 Å². The minimum atomic E-state index is -0.809. The van der Waals surface area contributed by atoms with E-state index in [1.54, 1.807) is 36.5 Å². The summed E-state index contributed by atoms with van der Waals surface area (Å²) in [5.74, 6) is -1.27. The van der Waals surface area contributed by atoms with E-state index in [0.29, 0.717) is 0 Å². The van der Waals surface area contributed by atoms with Gasteiger partial charge >= 0.3 is 5.97 Å². The molecule has 0 unspecified atom stereocenters. The number of allylic oxidation sites excluding steroid dienone is 4. The lowest BCUT2D eigenvalue weighted by Crippen LogP contribution is -2.06. The van der Waals surface area contributed by atoms with Gasteiger partial charge in [-0.25, -0.2) is 0 Å². The average Bonchev–Trinajstić information content (AvgIpc) is 2.12. The Hall–Kier alpha value is -1.31. The highest BCUT2D eigenvalue weighted by atomic mass is 16.5. The number of carbonyl (C=O) groups is 1. The number of carboxylic acid groups (broad SMARTS) is 1. The molecule has 1 aliphatic rings. The fourth-order valence-electron chi connectivity index (χ4n) is 0.725. The Bertz CT molecular complexity index is 195. The van der Waals surface area contributed by atoms with Crippen LogP contribution in [0.4, 0.5) is 0 Å². The van der Waals surface area contributed by atoms with E-state index in [2.05, 4.69) is 0 Å². The van der Waals surface area contributed by atoms with Crippen molar-refractivity contribution < 1.29 is 9.90 Å². The van der Waals surface area contributed by atoms with E-state index in [1.165, 1.54) is 0 Å². The molecule has 0 saturated carbocycles. The van der Waals surface area contributed by atoms with Crippen LogP contribution in [0, 0.1) is 5.92 Å². The molecule has 0 aromatic carbocycles. The van der Waals surface area contributed by atoms with Crippen LogP contribution in [-0.2, 0) is 4.79 Å². The average molecular weight is 137 g/mol. The van der Waals surface area contributed by atoms with E-state index >= 15 is 0 Å². The van der Waals surface area contributed by atoms with Crippen LogP contribution in [0.3, 0.4) is 0 Å². The summed E-state index contributed by atoms with van der Waals surface area (Å²) in [4.78, 5) is 10.4. The van der Waals surface area contributed by atoms with E-state index in [-0.39, 0.29) is 0 Å². The topological polar surface area (TPSA) is 37.3 Å². The zero-order valence-corrected chi connectivity index (χ0v) is 5.40. The standard InChI is InChI=1S/C8H8O2/c9-8(10)7-5-3-1-2-4-6-7/h1-7H,(H,9,10)/i8+1. The number of rotatable bonds is 1. The molecule has 0 spiro atoms. The molecule has 0 fully saturated rings. The summed E-state index contributed by atoms with van der Waals surface area (Å²) in [5, 5.41) is 8.53. The predicted molar refractivity (Wildman–Crippen MR) is 38.5 cm³/mol. The summed E-state index contributed by atoms with van der Waals surface area (Å²) >= 11 is 0. The largest absolute Gasteiger partial charge is 0.481 e. The first-order valence-corrected chi connectivity index (χ1v) is 3.05. The van der Waals surface area contributed by atoms with Gasteiger partial charge in [-0.05, 0) is 0 Å². The fraction of sp³-hybridized carbons (Fsp3) is 0.125. The third-order valence-electron chi connectivity index (χ3n) is 1.26. The van der Waals surface area contributed by atoms with Crippen LogP contribution in [-0.4, -0.2) is 11.1 Å². The van der Waals surface area contributed by atoms with Gasteiger partial charge in [0.1, 0.15) is 0 Å². The first-order valence-electron chi connectivity index (χ1n) is 3.05. The molecule has 10 heavy (non-hydrogen) atoms. The van der Waals surface area contributed by atoms with Crippen LogP contribution in [0.25, 0.3) is 0 Å². The Morgan fingerprint density at radius 3 is 2.00 bits per heavy atom. The van der Waals surface area contributed by atoms with Gasteiger partial charge in [-0.15, -0.1) is 0 Å². The molecule has 0 amide bonds. The Labute approximate surface area is 59.2 Å². The molecule has 0 atom stereocenters. The summed E-state index contributed by atoms with van der Waals surface area (Å²) in [5.41, 5.74) is 0. The van der Waals surface area contributed by atoms with Gasteiger partial charge in [0.2, 0.25) is 0 Å². The Morgan fingerprint density at radius 2 is 1.60 bits per heavy atom. The lowest BCUT2D eigenvalue weighted by atomic mass is 10.2. The molecule has 0 radical (unpaired) electrons. The van der Waals surface area contributed by atoms with E-state index in [4.69, 9.17) is 5.11 Å². The maximum atomic E-state index is 10.4. The maximum Gasteiger partial charge on any atom is 0.314 e. The van der Waals surface area contributed by atoms with Crippen molar-refractivity contribution >= 4 is 5.97 Å². The fourth-order valence-corrected chi connectivity index (χ4v) is 0.725. The molecule has 1 rings (SSSR count). The van der Waals surface area contributed by atoms with Gasteiger partial charge in [-0.1, -0.05) is 36.5 Å². The van der Waals surface area contributed by atoms with E-state index < -0.39 is 11.9 Å². The zero-order chi connectivity index (χ0) is 7.40. The summed E-state index contributed by atoms with van der Waals surface area (Å²) in [7, 11) is 0. The van der Waals surface area contributed by atoms with Crippen LogP contribution in [0.5, 0.6) is 0 Å². The molecule has 1 N–H and O–H groups in total. The van der Waals surface area contributed by atoms with Crippen LogP contribution in [0.1, 0.15) is 0 Å². The first-order chi connectivity index (χ1) is 4.80. The van der Waals surface area contributed by atoms with Crippen LogP contribution in [0.15, 0.2) is 36.5 Å². The highest BCUT2D eigenvalue weighted by molar-refractivity contribution is 5.74. The van der Waals surface area contributed by atoms with E-state index in [9.17, 15) is 4.79 Å². The van der Waals surface area contributed by atoms with Crippen molar-refractivity contribution in [3.8, 4) is 0 Å². The summed E-state index contributed by atoms with van der Waals surface area (Å²) in [6.07, 6.45) is 10.4. The van der Waals surface area contributed by atoms with Gasteiger partial charge in [0.25, 0.3) is 0 Å². The second kappa shape index (κ2) is 3.01. The van der Waals surface area contributed by atoms with Crippen molar-refractivity contribution in [2.45, 2.75) is 0 Å². The number of carboxylic acids is 1. The summed E-state index contributed by atoms with van der Waals surface area (Å²) in [6.45, 7) is 0. The third-order valence-corrected chi connectivity index (χ3v) is 1.26. The molecule has 0 saturated heterocycles. The molecule has 0 heterocycles. The number of hydrogen-bond donors (Lipinski definition) is 1. The summed E-state index contributed by atoms with van der Waals surface area (Å²) < 4.78 is 0. The maximum absolute atomic E-state index is 10.4. The molecular weight excluding hydrogens is 129 g/mol. The Balaban J connectivity index is 2.72. The van der Waals surface area contributed by atoms with Gasteiger partial charge in [0, 0.05) is 0 Å². The van der Waals surface area contributed by atoms with Gasteiger partial charge in [-0.3, -0.25) is 4.79 Å². The molecule has 0 bridgehead atoms. The van der Waals surface area contributed by atoms with Gasteiger partial charge < -0.3 is 5.11 Å². The van der Waals surface area contributed by atoms with Crippen molar-refractivity contribution in [1.82, 2.24) is 0 Å². The van der Waals surface area contributed by atoms with Crippen LogP contribution < -0.4 is 0 Å². The molecular formula is C8H8O2. The van der Waals surface area contributed by atoms with Crippen molar-refractivity contribution in [3.05, 3.63) is 36.5 Å².